The monoisotopic (exact) mass is 225 g/mol. The number of hydrogen-bond acceptors (Lipinski definition) is 3. The summed E-state index contributed by atoms with van der Waals surface area (Å²) in [5, 5.41) is 4.70. The molecule has 2 aliphatic rings. The van der Waals surface area contributed by atoms with Crippen molar-refractivity contribution in [2.24, 2.45) is 5.41 Å². The molecular weight excluding hydrogens is 200 g/mol. The zero-order chi connectivity index (χ0) is 11.6. The summed E-state index contributed by atoms with van der Waals surface area (Å²) in [6.07, 6.45) is 5.37. The molecule has 0 amide bonds. The Labute approximate surface area is 98.9 Å². The number of hydrazone groups is 1. The van der Waals surface area contributed by atoms with Crippen molar-refractivity contribution >= 4 is 6.72 Å². The molecule has 0 saturated carbocycles. The Bertz CT molecular complexity index is 246. The quantitative estimate of drug-likeness (QED) is 0.548. The number of rotatable bonds is 2. The van der Waals surface area contributed by atoms with E-state index in [9.17, 15) is 0 Å². The van der Waals surface area contributed by atoms with Crippen LogP contribution in [0.3, 0.4) is 0 Å². The first kappa shape index (κ1) is 11.9. The summed E-state index contributed by atoms with van der Waals surface area (Å²) in [4.78, 5) is 0. The van der Waals surface area contributed by atoms with Crippen LogP contribution in [0.25, 0.3) is 0 Å². The van der Waals surface area contributed by atoms with Crippen LogP contribution in [-0.4, -0.2) is 61.7 Å². The fourth-order valence-electron chi connectivity index (χ4n) is 3.02. The lowest BCUT2D eigenvalue weighted by molar-refractivity contribution is -0.665. The lowest BCUT2D eigenvalue weighted by atomic mass is 9.72. The van der Waals surface area contributed by atoms with Crippen molar-refractivity contribution in [3.63, 3.8) is 0 Å². The summed E-state index contributed by atoms with van der Waals surface area (Å²) in [5.74, 6) is 0. The third kappa shape index (κ3) is 2.38. The third-order valence-electron chi connectivity index (χ3n) is 4.42. The minimum absolute atomic E-state index is 0.625. The Morgan fingerprint density at radius 2 is 1.56 bits per heavy atom. The van der Waals surface area contributed by atoms with E-state index in [2.05, 4.69) is 22.2 Å². The van der Waals surface area contributed by atoms with Crippen molar-refractivity contribution in [1.82, 2.24) is 15.4 Å². The topological polar surface area (TPSA) is 21.5 Å². The fraction of sp³-hybridized carbons (Fsp3) is 0.917. The molecule has 16 heavy (non-hydrogen) atoms. The molecule has 92 valence electrons. The molecule has 0 atom stereocenters. The van der Waals surface area contributed by atoms with Gasteiger partial charge in [-0.05, 0) is 38.1 Å². The molecular formula is C12H25N4+. The first-order valence-electron chi connectivity index (χ1n) is 6.37. The van der Waals surface area contributed by atoms with E-state index in [1.54, 1.807) is 0 Å². The molecule has 2 saturated heterocycles. The van der Waals surface area contributed by atoms with Gasteiger partial charge in [0, 0.05) is 13.1 Å². The van der Waals surface area contributed by atoms with Gasteiger partial charge in [-0.2, -0.15) is 5.01 Å². The van der Waals surface area contributed by atoms with E-state index in [4.69, 9.17) is 0 Å². The maximum Gasteiger partial charge on any atom is 0.161 e. The van der Waals surface area contributed by atoms with E-state index in [1.165, 1.54) is 51.9 Å². The molecule has 2 aliphatic heterocycles. The lowest BCUT2D eigenvalue weighted by Gasteiger charge is -2.45. The molecule has 0 aliphatic carbocycles. The van der Waals surface area contributed by atoms with Crippen molar-refractivity contribution in [3.05, 3.63) is 0 Å². The standard InChI is InChI=1S/C12H25N4/c1-13-15-8-4-12(5-9-15)6-10-16(11-7-12)14(2)3/h13H,2,4-11H2,1,3H3/q+1. The van der Waals surface area contributed by atoms with Gasteiger partial charge < -0.3 is 0 Å². The molecule has 4 nitrogen and oxygen atoms in total. The minimum Gasteiger partial charge on any atom is -0.258 e. The number of hydrazine groups is 2. The van der Waals surface area contributed by atoms with Crippen LogP contribution in [0.4, 0.5) is 0 Å². The summed E-state index contributed by atoms with van der Waals surface area (Å²) < 4.78 is 2.00. The summed E-state index contributed by atoms with van der Waals surface area (Å²) in [6, 6.07) is 0. The van der Waals surface area contributed by atoms with Crippen molar-refractivity contribution in [3.8, 4) is 0 Å². The Hall–Kier alpha value is -0.610. The highest BCUT2D eigenvalue weighted by Crippen LogP contribution is 2.40. The molecule has 1 N–H and O–H groups in total. The molecule has 2 fully saturated rings. The van der Waals surface area contributed by atoms with Gasteiger partial charge in [-0.1, -0.05) is 0 Å². The first-order chi connectivity index (χ1) is 7.65. The molecule has 2 heterocycles. The van der Waals surface area contributed by atoms with Crippen LogP contribution in [0.5, 0.6) is 0 Å². The smallest absolute Gasteiger partial charge is 0.161 e. The molecule has 0 unspecified atom stereocenters. The van der Waals surface area contributed by atoms with Gasteiger partial charge in [-0.15, -0.1) is 4.68 Å². The second kappa shape index (κ2) is 4.72. The second-order valence-electron chi connectivity index (χ2n) is 5.32. The Morgan fingerprint density at radius 3 is 2.00 bits per heavy atom. The van der Waals surface area contributed by atoms with Gasteiger partial charge in [0.1, 0.15) is 0 Å². The predicted octanol–water partition coefficient (Wildman–Crippen LogP) is 0.557. The SMILES string of the molecule is C=[N+](C)N1CCC2(CCN(NC)CC2)CC1. The van der Waals surface area contributed by atoms with Gasteiger partial charge in [0.15, 0.2) is 13.8 Å². The Kier molecular flexibility index (Phi) is 3.50. The highest BCUT2D eigenvalue weighted by atomic mass is 15.5. The highest BCUT2D eigenvalue weighted by molar-refractivity contribution is 5.13. The van der Waals surface area contributed by atoms with Crippen LogP contribution in [-0.2, 0) is 0 Å². The maximum absolute atomic E-state index is 3.96. The average molecular weight is 225 g/mol. The van der Waals surface area contributed by atoms with Gasteiger partial charge in [0.05, 0.1) is 13.1 Å². The van der Waals surface area contributed by atoms with Crippen molar-refractivity contribution in [2.75, 3.05) is 40.3 Å². The van der Waals surface area contributed by atoms with Crippen LogP contribution in [0, 0.1) is 5.41 Å². The molecule has 4 heteroatoms. The van der Waals surface area contributed by atoms with Crippen molar-refractivity contribution in [1.29, 1.82) is 0 Å². The summed E-state index contributed by atoms with van der Waals surface area (Å²) in [5.41, 5.74) is 3.88. The predicted molar refractivity (Wildman–Crippen MR) is 66.4 cm³/mol. The van der Waals surface area contributed by atoms with Crippen LogP contribution >= 0.6 is 0 Å². The zero-order valence-electron chi connectivity index (χ0n) is 10.7. The second-order valence-corrected chi connectivity index (χ2v) is 5.32. The van der Waals surface area contributed by atoms with Gasteiger partial charge in [0.25, 0.3) is 0 Å². The van der Waals surface area contributed by atoms with E-state index in [0.29, 0.717) is 5.41 Å². The molecule has 0 aromatic heterocycles. The minimum atomic E-state index is 0.625. The summed E-state index contributed by atoms with van der Waals surface area (Å²) >= 11 is 0. The Balaban J connectivity index is 1.86. The molecule has 0 aromatic rings. The fourth-order valence-corrected chi connectivity index (χ4v) is 3.02. The maximum atomic E-state index is 3.96. The van der Waals surface area contributed by atoms with E-state index in [1.807, 2.05) is 18.8 Å². The van der Waals surface area contributed by atoms with Crippen LogP contribution < -0.4 is 5.43 Å². The van der Waals surface area contributed by atoms with E-state index in [0.717, 1.165) is 0 Å². The van der Waals surface area contributed by atoms with Gasteiger partial charge in [-0.3, -0.25) is 5.43 Å². The molecule has 2 rings (SSSR count). The molecule has 0 bridgehead atoms. The number of nitrogens with zero attached hydrogens (tertiary/aromatic N) is 3. The van der Waals surface area contributed by atoms with E-state index in [-0.39, 0.29) is 0 Å². The molecule has 0 radical (unpaired) electrons. The average Bonchev–Trinajstić information content (AvgIpc) is 2.31. The first-order valence-corrected chi connectivity index (χ1v) is 6.37. The number of nitrogens with one attached hydrogen (secondary N) is 1. The van der Waals surface area contributed by atoms with Crippen LogP contribution in [0.2, 0.25) is 0 Å². The van der Waals surface area contributed by atoms with Crippen molar-refractivity contribution < 1.29 is 4.68 Å². The van der Waals surface area contributed by atoms with E-state index < -0.39 is 0 Å². The zero-order valence-corrected chi connectivity index (χ0v) is 10.7. The van der Waals surface area contributed by atoms with E-state index >= 15 is 0 Å². The van der Waals surface area contributed by atoms with Crippen LogP contribution in [0.15, 0.2) is 0 Å². The lowest BCUT2D eigenvalue weighted by Crippen LogP contribution is -2.50. The summed E-state index contributed by atoms with van der Waals surface area (Å²) in [7, 11) is 4.07. The van der Waals surface area contributed by atoms with Crippen molar-refractivity contribution in [2.45, 2.75) is 25.7 Å². The number of hydrogen-bond donors (Lipinski definition) is 1. The number of piperidine rings is 2. The van der Waals surface area contributed by atoms with Gasteiger partial charge >= 0.3 is 0 Å². The normalized spacial score (nSPS) is 26.0. The highest BCUT2D eigenvalue weighted by Gasteiger charge is 2.38. The third-order valence-corrected chi connectivity index (χ3v) is 4.42. The molecule has 1 spiro atoms. The molecule has 0 aromatic carbocycles. The van der Waals surface area contributed by atoms with Crippen LogP contribution in [0.1, 0.15) is 25.7 Å². The Morgan fingerprint density at radius 1 is 1.06 bits per heavy atom. The summed E-state index contributed by atoms with van der Waals surface area (Å²) in [6.45, 7) is 8.73. The largest absolute Gasteiger partial charge is 0.258 e. The van der Waals surface area contributed by atoms with Gasteiger partial charge in [-0.25, -0.2) is 5.01 Å². The van der Waals surface area contributed by atoms with Gasteiger partial charge in [0.2, 0.25) is 0 Å².